The molecule has 0 N–H and O–H groups in total. The second-order valence-corrected chi connectivity index (χ2v) is 8.08. The summed E-state index contributed by atoms with van der Waals surface area (Å²) in [7, 11) is 4.50. The molecule has 0 radical (unpaired) electrons. The first kappa shape index (κ1) is 21.5. The lowest BCUT2D eigenvalue weighted by molar-refractivity contribution is -0.169. The molecule has 5 nitrogen and oxygen atoms in total. The van der Waals surface area contributed by atoms with Crippen LogP contribution in [0.5, 0.6) is 0 Å². The molecule has 0 saturated carbocycles. The van der Waals surface area contributed by atoms with Crippen molar-refractivity contribution in [1.29, 1.82) is 0 Å². The highest BCUT2D eigenvalue weighted by Crippen LogP contribution is 2.33. The number of hydrogen-bond donors (Lipinski definition) is 0. The van der Waals surface area contributed by atoms with E-state index in [1.165, 1.54) is 14.2 Å². The zero-order valence-corrected chi connectivity index (χ0v) is 17.5. The first-order valence-electron chi connectivity index (χ1n) is 9.27. The normalized spacial score (nSPS) is 11.6. The maximum Gasteiger partial charge on any atom is 0.323 e. The lowest BCUT2D eigenvalue weighted by Gasteiger charge is -2.27. The van der Waals surface area contributed by atoms with E-state index in [1.54, 1.807) is 6.08 Å². The molecule has 1 aromatic carbocycles. The Bertz CT molecular complexity index is 908. The summed E-state index contributed by atoms with van der Waals surface area (Å²) in [6.07, 6.45) is 3.93. The van der Waals surface area contributed by atoms with Crippen molar-refractivity contribution in [2.75, 3.05) is 14.2 Å². The minimum Gasteiger partial charge on any atom is -0.468 e. The molecule has 28 heavy (non-hydrogen) atoms. The van der Waals surface area contributed by atoms with E-state index in [0.717, 1.165) is 16.6 Å². The molecule has 2 rings (SSSR count). The fourth-order valence-electron chi connectivity index (χ4n) is 3.22. The summed E-state index contributed by atoms with van der Waals surface area (Å²) in [4.78, 5) is 25.5. The minimum atomic E-state index is -1.47. The van der Waals surface area contributed by atoms with Crippen LogP contribution in [0.4, 0.5) is 0 Å². The van der Waals surface area contributed by atoms with Gasteiger partial charge in [0.15, 0.2) is 5.41 Å². The number of carbonyl (C=O) groups is 2. The molecule has 0 unspecified atom stereocenters. The van der Waals surface area contributed by atoms with Gasteiger partial charge in [0, 0.05) is 31.1 Å². The van der Waals surface area contributed by atoms with E-state index in [2.05, 4.69) is 26.5 Å². The highest BCUT2D eigenvalue weighted by atomic mass is 16.5. The minimum absolute atomic E-state index is 0.0501. The van der Waals surface area contributed by atoms with Gasteiger partial charge < -0.3 is 14.0 Å². The van der Waals surface area contributed by atoms with E-state index in [-0.39, 0.29) is 18.3 Å². The summed E-state index contributed by atoms with van der Waals surface area (Å²) in [5.74, 6) is -1.23. The van der Waals surface area contributed by atoms with E-state index in [9.17, 15) is 9.59 Å². The molecule has 0 atom stereocenters. The average molecular weight is 383 g/mol. The molecular weight excluding hydrogens is 354 g/mol. The molecule has 5 heteroatoms. The van der Waals surface area contributed by atoms with Crippen LogP contribution in [0.25, 0.3) is 10.9 Å². The number of aryl methyl sites for hydroxylation is 1. The number of allylic oxidation sites excluding steroid dienone is 1. The predicted molar refractivity (Wildman–Crippen MR) is 110 cm³/mol. The Labute approximate surface area is 166 Å². The number of rotatable bonds is 6. The predicted octanol–water partition coefficient (Wildman–Crippen LogP) is 4.20. The molecule has 150 valence electrons. The molecule has 0 spiro atoms. The van der Waals surface area contributed by atoms with Gasteiger partial charge in [-0.3, -0.25) is 9.59 Å². The Balaban J connectivity index is 2.52. The van der Waals surface area contributed by atoms with Crippen LogP contribution in [-0.4, -0.2) is 30.7 Å². The van der Waals surface area contributed by atoms with Gasteiger partial charge in [0.25, 0.3) is 0 Å². The molecule has 0 bridgehead atoms. The van der Waals surface area contributed by atoms with Crippen molar-refractivity contribution in [2.45, 2.75) is 33.6 Å². The Hall–Kier alpha value is -2.78. The summed E-state index contributed by atoms with van der Waals surface area (Å²) in [6.45, 7) is 6.16. The fourth-order valence-corrected chi connectivity index (χ4v) is 3.22. The zero-order chi connectivity index (χ0) is 20.9. The average Bonchev–Trinajstić information content (AvgIpc) is 2.97. The van der Waals surface area contributed by atoms with Gasteiger partial charge in [-0.05, 0) is 35.1 Å². The van der Waals surface area contributed by atoms with E-state index in [4.69, 9.17) is 9.47 Å². The van der Waals surface area contributed by atoms with Gasteiger partial charge in [-0.1, -0.05) is 39.0 Å². The number of fused-ring (bicyclic) bond motifs is 1. The van der Waals surface area contributed by atoms with E-state index < -0.39 is 17.4 Å². The maximum absolute atomic E-state index is 12.8. The van der Waals surface area contributed by atoms with Crippen molar-refractivity contribution in [3.8, 4) is 0 Å². The largest absolute Gasteiger partial charge is 0.468 e. The van der Waals surface area contributed by atoms with Crippen molar-refractivity contribution in [2.24, 2.45) is 17.9 Å². The first-order valence-corrected chi connectivity index (χ1v) is 9.27. The van der Waals surface area contributed by atoms with Gasteiger partial charge >= 0.3 is 11.9 Å². The molecule has 0 amide bonds. The van der Waals surface area contributed by atoms with Crippen LogP contribution in [0.2, 0.25) is 0 Å². The molecule has 0 aliphatic heterocycles. The Morgan fingerprint density at radius 2 is 1.71 bits per heavy atom. The molecule has 1 heterocycles. The molecular formula is C23H29NO4. The molecule has 0 saturated heterocycles. The lowest BCUT2D eigenvalue weighted by atomic mass is 9.79. The highest BCUT2D eigenvalue weighted by Gasteiger charge is 2.48. The number of nitrogens with zero attached hydrogens (tertiary/aromatic N) is 1. The third-order valence-corrected chi connectivity index (χ3v) is 4.77. The summed E-state index contributed by atoms with van der Waals surface area (Å²) >= 11 is 0. The van der Waals surface area contributed by atoms with Gasteiger partial charge in [0.2, 0.25) is 0 Å². The monoisotopic (exact) mass is 383 g/mol. The van der Waals surface area contributed by atoms with Crippen molar-refractivity contribution in [1.82, 2.24) is 4.57 Å². The number of methoxy groups -OCH3 is 2. The number of benzene rings is 1. The zero-order valence-electron chi connectivity index (χ0n) is 17.5. The van der Waals surface area contributed by atoms with Crippen LogP contribution in [0.3, 0.4) is 0 Å². The number of ether oxygens (including phenoxy) is 2. The first-order chi connectivity index (χ1) is 13.1. The number of carbonyl (C=O) groups excluding carboxylic acids is 2. The molecule has 0 aliphatic rings. The summed E-state index contributed by atoms with van der Waals surface area (Å²) in [5.41, 5.74) is 3.46. The number of hydrogen-bond acceptors (Lipinski definition) is 4. The molecule has 1 aromatic heterocycles. The molecule has 0 fully saturated rings. The van der Waals surface area contributed by atoms with E-state index >= 15 is 0 Å². The molecule has 2 aromatic rings. The van der Waals surface area contributed by atoms with Gasteiger partial charge in [-0.25, -0.2) is 0 Å². The van der Waals surface area contributed by atoms with E-state index in [0.29, 0.717) is 0 Å². The summed E-state index contributed by atoms with van der Waals surface area (Å²) in [5, 5.41) is 1.05. The molecule has 0 aliphatic carbocycles. The third-order valence-electron chi connectivity index (χ3n) is 4.77. The number of esters is 2. The van der Waals surface area contributed by atoms with Crippen molar-refractivity contribution in [3.05, 3.63) is 53.9 Å². The number of aromatic nitrogens is 1. The topological polar surface area (TPSA) is 57.5 Å². The quantitative estimate of drug-likeness (QED) is 0.426. The summed E-state index contributed by atoms with van der Waals surface area (Å²) < 4.78 is 12.0. The fraction of sp³-hybridized carbons (Fsp3) is 0.435. The van der Waals surface area contributed by atoms with Crippen molar-refractivity contribution in [3.63, 3.8) is 0 Å². The second kappa shape index (κ2) is 8.49. The Morgan fingerprint density at radius 1 is 1.11 bits per heavy atom. The maximum atomic E-state index is 12.8. The van der Waals surface area contributed by atoms with Crippen molar-refractivity contribution < 1.29 is 19.1 Å². The highest BCUT2D eigenvalue weighted by molar-refractivity contribution is 6.00. The van der Waals surface area contributed by atoms with Crippen LogP contribution in [-0.2, 0) is 32.5 Å². The van der Waals surface area contributed by atoms with Crippen LogP contribution >= 0.6 is 0 Å². The van der Waals surface area contributed by atoms with Gasteiger partial charge in [-0.2, -0.15) is 0 Å². The van der Waals surface area contributed by atoms with Crippen LogP contribution in [0.15, 0.2) is 48.2 Å². The van der Waals surface area contributed by atoms with Gasteiger partial charge in [0.05, 0.1) is 14.2 Å². The Morgan fingerprint density at radius 3 is 2.25 bits per heavy atom. The van der Waals surface area contributed by atoms with Crippen molar-refractivity contribution >= 4 is 22.8 Å². The number of para-hydroxylation sites is 1. The Kier molecular flexibility index (Phi) is 6.52. The van der Waals surface area contributed by atoms with Crippen LogP contribution in [0, 0.1) is 10.8 Å². The van der Waals surface area contributed by atoms with Crippen LogP contribution in [0.1, 0.15) is 32.9 Å². The smallest absolute Gasteiger partial charge is 0.323 e. The summed E-state index contributed by atoms with van der Waals surface area (Å²) in [6, 6.07) is 9.91. The second-order valence-electron chi connectivity index (χ2n) is 8.08. The standard InChI is InChI=1S/C23H29NO4/c1-22(2,3)13-9-10-14-23(20(25)27-5,21(26)28-6)16-18-15-17-11-7-8-12-19(17)24(18)4/h7-8,10-13,15H,14,16H2,1-6H3. The third kappa shape index (κ3) is 4.55. The van der Waals surface area contributed by atoms with Gasteiger partial charge in [0.1, 0.15) is 0 Å². The van der Waals surface area contributed by atoms with E-state index in [1.807, 2.05) is 48.0 Å². The SMILES string of the molecule is COC(=O)C(CC=C=CC(C)(C)C)(Cc1cc2ccccc2n1C)C(=O)OC. The van der Waals surface area contributed by atoms with Crippen LogP contribution < -0.4 is 0 Å². The lowest BCUT2D eigenvalue weighted by Crippen LogP contribution is -2.43. The van der Waals surface area contributed by atoms with Gasteiger partial charge in [-0.15, -0.1) is 5.73 Å².